The summed E-state index contributed by atoms with van der Waals surface area (Å²) in [5, 5.41) is 7.11. The topological polar surface area (TPSA) is 46.9 Å². The highest BCUT2D eigenvalue weighted by Gasteiger charge is 2.47. The molecule has 0 spiro atoms. The van der Waals surface area contributed by atoms with Crippen molar-refractivity contribution in [3.8, 4) is 0 Å². The third-order valence-corrected chi connectivity index (χ3v) is 4.62. The summed E-state index contributed by atoms with van der Waals surface area (Å²) in [5.74, 6) is -1.50. The van der Waals surface area contributed by atoms with Crippen LogP contribution in [0.25, 0.3) is 0 Å². The van der Waals surface area contributed by atoms with Gasteiger partial charge >= 0.3 is 0 Å². The molecule has 1 aliphatic rings. The number of carbonyl (C=O) groups is 1. The van der Waals surface area contributed by atoms with E-state index in [1.165, 1.54) is 12.1 Å². The van der Waals surface area contributed by atoms with Crippen molar-refractivity contribution in [2.75, 3.05) is 0 Å². The molecule has 1 fully saturated rings. The molecule has 0 radical (unpaired) electrons. The quantitative estimate of drug-likeness (QED) is 0.942. The van der Waals surface area contributed by atoms with Crippen molar-refractivity contribution in [2.45, 2.75) is 38.1 Å². The summed E-state index contributed by atoms with van der Waals surface area (Å²) >= 11 is 0. The van der Waals surface area contributed by atoms with E-state index in [0.717, 1.165) is 23.9 Å². The molecule has 0 saturated heterocycles. The average molecular weight is 319 g/mol. The van der Waals surface area contributed by atoms with Crippen molar-refractivity contribution < 1.29 is 13.6 Å². The van der Waals surface area contributed by atoms with Crippen LogP contribution < -0.4 is 5.32 Å². The summed E-state index contributed by atoms with van der Waals surface area (Å²) in [6.07, 6.45) is 2.01. The zero-order valence-electron chi connectivity index (χ0n) is 13.2. The Morgan fingerprint density at radius 2 is 2.09 bits per heavy atom. The van der Waals surface area contributed by atoms with Gasteiger partial charge in [-0.25, -0.2) is 8.78 Å². The number of nitrogens with one attached hydrogen (secondary N) is 1. The number of nitrogens with zero attached hydrogens (tertiary/aromatic N) is 2. The molecule has 2 aromatic rings. The molecule has 1 N–H and O–H groups in total. The number of hydrogen-bond donors (Lipinski definition) is 1. The van der Waals surface area contributed by atoms with Gasteiger partial charge in [0, 0.05) is 18.7 Å². The molecule has 1 aromatic heterocycles. The number of aryl methyl sites for hydroxylation is 2. The van der Waals surface area contributed by atoms with Gasteiger partial charge in [-0.2, -0.15) is 5.10 Å². The number of carbonyl (C=O) groups excluding carboxylic acids is 1. The molecule has 4 nitrogen and oxygen atoms in total. The molecular formula is C17H19F2N3O. The van der Waals surface area contributed by atoms with Gasteiger partial charge in [-0.1, -0.05) is 12.5 Å². The van der Waals surface area contributed by atoms with Gasteiger partial charge in [0.25, 0.3) is 0 Å². The van der Waals surface area contributed by atoms with Crippen LogP contribution in [0.3, 0.4) is 0 Å². The molecule has 1 aliphatic carbocycles. The van der Waals surface area contributed by atoms with Gasteiger partial charge in [-0.05, 0) is 31.9 Å². The van der Waals surface area contributed by atoms with Crippen LogP contribution in [0, 0.1) is 18.6 Å². The van der Waals surface area contributed by atoms with Gasteiger partial charge < -0.3 is 5.32 Å². The molecule has 6 heteroatoms. The van der Waals surface area contributed by atoms with E-state index in [0.29, 0.717) is 19.4 Å². The lowest BCUT2D eigenvalue weighted by molar-refractivity contribution is -0.130. The van der Waals surface area contributed by atoms with E-state index in [1.807, 2.05) is 20.0 Å². The van der Waals surface area contributed by atoms with Gasteiger partial charge in [0.15, 0.2) is 0 Å². The Bertz CT molecular complexity index is 750. The van der Waals surface area contributed by atoms with E-state index in [4.69, 9.17) is 0 Å². The predicted octanol–water partition coefficient (Wildman–Crippen LogP) is 2.74. The third-order valence-electron chi connectivity index (χ3n) is 4.62. The zero-order chi connectivity index (χ0) is 16.6. The highest BCUT2D eigenvalue weighted by atomic mass is 19.1. The van der Waals surface area contributed by atoms with E-state index in [1.54, 1.807) is 4.68 Å². The molecule has 0 unspecified atom stereocenters. The SMILES string of the molecule is Cc1cc(CNC(=O)C2(c3ccc(F)cc3F)CCC2)n(C)n1. The molecular weight excluding hydrogens is 300 g/mol. The van der Waals surface area contributed by atoms with Crippen LogP contribution in [0.15, 0.2) is 24.3 Å². The van der Waals surface area contributed by atoms with Crippen molar-refractivity contribution in [3.63, 3.8) is 0 Å². The monoisotopic (exact) mass is 319 g/mol. The number of halogens is 2. The summed E-state index contributed by atoms with van der Waals surface area (Å²) in [6.45, 7) is 2.22. The Morgan fingerprint density at radius 3 is 2.61 bits per heavy atom. The molecule has 1 saturated carbocycles. The Morgan fingerprint density at radius 1 is 1.35 bits per heavy atom. The lowest BCUT2D eigenvalue weighted by atomic mass is 9.63. The standard InChI is InChI=1S/C17H19F2N3O/c1-11-8-13(22(2)21-11)10-20-16(23)17(6-3-7-17)14-5-4-12(18)9-15(14)19/h4-5,8-9H,3,6-7,10H2,1-2H3,(H,20,23). The fourth-order valence-corrected chi connectivity index (χ4v) is 3.20. The smallest absolute Gasteiger partial charge is 0.231 e. The Labute approximate surface area is 133 Å². The third kappa shape index (κ3) is 2.73. The van der Waals surface area contributed by atoms with Crippen molar-refractivity contribution in [1.82, 2.24) is 15.1 Å². The van der Waals surface area contributed by atoms with Crippen LogP contribution in [0.1, 0.15) is 36.2 Å². The second-order valence-electron chi connectivity index (χ2n) is 6.14. The van der Waals surface area contributed by atoms with E-state index in [2.05, 4.69) is 10.4 Å². The van der Waals surface area contributed by atoms with Crippen LogP contribution >= 0.6 is 0 Å². The van der Waals surface area contributed by atoms with E-state index in [-0.39, 0.29) is 11.5 Å². The first-order valence-electron chi connectivity index (χ1n) is 7.66. The molecule has 0 aliphatic heterocycles. The first-order chi connectivity index (χ1) is 10.9. The van der Waals surface area contributed by atoms with Crippen molar-refractivity contribution in [2.24, 2.45) is 7.05 Å². The number of amides is 1. The molecule has 0 bridgehead atoms. The first-order valence-corrected chi connectivity index (χ1v) is 7.66. The van der Waals surface area contributed by atoms with Crippen molar-refractivity contribution >= 4 is 5.91 Å². The molecule has 0 atom stereocenters. The van der Waals surface area contributed by atoms with Crippen LogP contribution in [0.2, 0.25) is 0 Å². The van der Waals surface area contributed by atoms with Crippen LogP contribution in [0.4, 0.5) is 8.78 Å². The second-order valence-corrected chi connectivity index (χ2v) is 6.14. The normalized spacial score (nSPS) is 16.0. The first kappa shape index (κ1) is 15.6. The second kappa shape index (κ2) is 5.76. The van der Waals surface area contributed by atoms with Gasteiger partial charge in [0.05, 0.1) is 23.3 Å². The summed E-state index contributed by atoms with van der Waals surface area (Å²) in [5.41, 5.74) is 1.15. The Kier molecular flexibility index (Phi) is 3.92. The number of rotatable bonds is 4. The summed E-state index contributed by atoms with van der Waals surface area (Å²) in [4.78, 5) is 12.7. The fourth-order valence-electron chi connectivity index (χ4n) is 3.20. The lowest BCUT2D eigenvalue weighted by Gasteiger charge is -2.40. The molecule has 1 heterocycles. The minimum absolute atomic E-state index is 0.215. The predicted molar refractivity (Wildman–Crippen MR) is 81.7 cm³/mol. The van der Waals surface area contributed by atoms with Crippen LogP contribution in [-0.4, -0.2) is 15.7 Å². The minimum atomic E-state index is -0.884. The molecule has 1 amide bonds. The average Bonchev–Trinajstić information content (AvgIpc) is 2.75. The van der Waals surface area contributed by atoms with E-state index < -0.39 is 17.0 Å². The van der Waals surface area contributed by atoms with Crippen molar-refractivity contribution in [1.29, 1.82) is 0 Å². The number of aromatic nitrogens is 2. The summed E-state index contributed by atoms with van der Waals surface area (Å²) in [7, 11) is 1.81. The van der Waals surface area contributed by atoms with Gasteiger partial charge in [-0.15, -0.1) is 0 Å². The zero-order valence-corrected chi connectivity index (χ0v) is 13.2. The number of hydrogen-bond acceptors (Lipinski definition) is 2. The fraction of sp³-hybridized carbons (Fsp3) is 0.412. The molecule has 122 valence electrons. The van der Waals surface area contributed by atoms with Crippen LogP contribution in [-0.2, 0) is 23.8 Å². The molecule has 3 rings (SSSR count). The largest absolute Gasteiger partial charge is 0.350 e. The van der Waals surface area contributed by atoms with Crippen LogP contribution in [0.5, 0.6) is 0 Å². The van der Waals surface area contributed by atoms with E-state index >= 15 is 0 Å². The highest BCUT2D eigenvalue weighted by molar-refractivity contribution is 5.89. The molecule has 1 aromatic carbocycles. The van der Waals surface area contributed by atoms with Gasteiger partial charge in [0.1, 0.15) is 11.6 Å². The Balaban J connectivity index is 1.80. The van der Waals surface area contributed by atoms with Gasteiger partial charge in [0.2, 0.25) is 5.91 Å². The maximum atomic E-state index is 14.1. The van der Waals surface area contributed by atoms with E-state index in [9.17, 15) is 13.6 Å². The molecule has 23 heavy (non-hydrogen) atoms. The maximum absolute atomic E-state index is 14.1. The maximum Gasteiger partial charge on any atom is 0.231 e. The van der Waals surface area contributed by atoms with Crippen molar-refractivity contribution in [3.05, 3.63) is 52.9 Å². The lowest BCUT2D eigenvalue weighted by Crippen LogP contribution is -2.49. The number of benzene rings is 1. The summed E-state index contributed by atoms with van der Waals surface area (Å²) in [6, 6.07) is 5.33. The summed E-state index contributed by atoms with van der Waals surface area (Å²) < 4.78 is 29.0. The van der Waals surface area contributed by atoms with Gasteiger partial charge in [-0.3, -0.25) is 9.48 Å². The minimum Gasteiger partial charge on any atom is -0.350 e. The highest BCUT2D eigenvalue weighted by Crippen LogP contribution is 2.45. The Hall–Kier alpha value is -2.24.